The van der Waals surface area contributed by atoms with Crippen LogP contribution in [0.1, 0.15) is 278 Å². The lowest BCUT2D eigenvalue weighted by molar-refractivity contribution is -0.166. The van der Waals surface area contributed by atoms with E-state index in [0.717, 1.165) is 77.0 Å². The van der Waals surface area contributed by atoms with Crippen molar-refractivity contribution in [1.29, 1.82) is 0 Å². The van der Waals surface area contributed by atoms with Crippen LogP contribution in [0.3, 0.4) is 0 Å². The Hall–Kier alpha value is -3.41. The molecule has 0 aromatic rings. The van der Waals surface area contributed by atoms with Gasteiger partial charge in [0.1, 0.15) is 13.2 Å². The van der Waals surface area contributed by atoms with E-state index in [4.69, 9.17) is 14.2 Å². The molecule has 0 heterocycles. The van der Waals surface area contributed by atoms with Crippen molar-refractivity contribution in [2.45, 2.75) is 284 Å². The van der Waals surface area contributed by atoms with Gasteiger partial charge in [-0.15, -0.1) is 0 Å². The van der Waals surface area contributed by atoms with E-state index < -0.39 is 12.1 Å². The Labute approximate surface area is 426 Å². The van der Waals surface area contributed by atoms with Crippen LogP contribution >= 0.6 is 0 Å². The van der Waals surface area contributed by atoms with Crippen molar-refractivity contribution in [2.75, 3.05) is 13.2 Å². The Balaban J connectivity index is 4.39. The topological polar surface area (TPSA) is 78.9 Å². The Kier molecular flexibility index (Phi) is 54.3. The zero-order valence-corrected chi connectivity index (χ0v) is 45.3. The van der Waals surface area contributed by atoms with Crippen molar-refractivity contribution in [1.82, 2.24) is 0 Å². The Morgan fingerprint density at radius 3 is 0.957 bits per heavy atom. The van der Waals surface area contributed by atoms with Crippen molar-refractivity contribution in [3.8, 4) is 0 Å². The lowest BCUT2D eigenvalue weighted by atomic mass is 10.0. The van der Waals surface area contributed by atoms with E-state index in [2.05, 4.69) is 93.7 Å². The number of unbranched alkanes of at least 4 members (excludes halogenated alkanes) is 28. The average Bonchev–Trinajstić information content (AvgIpc) is 3.35. The molecule has 0 aliphatic carbocycles. The molecule has 0 saturated heterocycles. The summed E-state index contributed by atoms with van der Waals surface area (Å²) in [6.07, 6.45) is 74.6. The quantitative estimate of drug-likeness (QED) is 0.0262. The van der Waals surface area contributed by atoms with Crippen molar-refractivity contribution in [3.63, 3.8) is 0 Å². The molecule has 0 amide bonds. The maximum absolute atomic E-state index is 12.8. The third kappa shape index (κ3) is 55.4. The molecule has 6 nitrogen and oxygen atoms in total. The van der Waals surface area contributed by atoms with Crippen molar-refractivity contribution >= 4 is 17.9 Å². The molecule has 0 aromatic heterocycles. The van der Waals surface area contributed by atoms with Crippen molar-refractivity contribution in [3.05, 3.63) is 85.1 Å². The molecular formula is C63H108O6. The second-order valence-corrected chi connectivity index (χ2v) is 19.2. The van der Waals surface area contributed by atoms with Crippen molar-refractivity contribution < 1.29 is 28.6 Å². The predicted octanol–water partition coefficient (Wildman–Crippen LogP) is 19.5. The number of carbonyl (C=O) groups is 3. The molecule has 0 bridgehead atoms. The third-order valence-electron chi connectivity index (χ3n) is 12.4. The minimum absolute atomic E-state index is 0.0977. The Morgan fingerprint density at radius 1 is 0.319 bits per heavy atom. The molecule has 0 rings (SSSR count). The lowest BCUT2D eigenvalue weighted by Crippen LogP contribution is -2.30. The van der Waals surface area contributed by atoms with E-state index in [9.17, 15) is 14.4 Å². The van der Waals surface area contributed by atoms with E-state index in [0.29, 0.717) is 12.8 Å². The Bertz CT molecular complexity index is 1330. The summed E-state index contributed by atoms with van der Waals surface area (Å²) in [4.78, 5) is 38.1. The minimum atomic E-state index is -0.830. The summed E-state index contributed by atoms with van der Waals surface area (Å²) in [5.41, 5.74) is 0. The number of esters is 3. The highest BCUT2D eigenvalue weighted by Crippen LogP contribution is 2.16. The fourth-order valence-corrected chi connectivity index (χ4v) is 8.08. The Morgan fingerprint density at radius 2 is 0.609 bits per heavy atom. The first-order chi connectivity index (χ1) is 34.0. The maximum atomic E-state index is 12.8. The molecular weight excluding hydrogens is 853 g/mol. The van der Waals surface area contributed by atoms with E-state index in [1.165, 1.54) is 161 Å². The third-order valence-corrected chi connectivity index (χ3v) is 12.4. The van der Waals surface area contributed by atoms with Gasteiger partial charge in [-0.2, -0.15) is 0 Å². The normalized spacial score (nSPS) is 12.7. The van der Waals surface area contributed by atoms with E-state index in [-0.39, 0.29) is 31.6 Å². The van der Waals surface area contributed by atoms with Crippen molar-refractivity contribution in [2.24, 2.45) is 0 Å². The van der Waals surface area contributed by atoms with Gasteiger partial charge >= 0.3 is 17.9 Å². The van der Waals surface area contributed by atoms with Gasteiger partial charge < -0.3 is 14.2 Å². The highest BCUT2D eigenvalue weighted by Gasteiger charge is 2.19. The maximum Gasteiger partial charge on any atom is 0.310 e. The first-order valence-electron chi connectivity index (χ1n) is 29.1. The first kappa shape index (κ1) is 65.6. The van der Waals surface area contributed by atoms with Gasteiger partial charge in [-0.05, 0) is 77.0 Å². The van der Waals surface area contributed by atoms with Crippen LogP contribution in [0.15, 0.2) is 85.1 Å². The molecule has 0 saturated carbocycles. The molecule has 1 unspecified atom stereocenters. The van der Waals surface area contributed by atoms with Gasteiger partial charge in [-0.25, -0.2) is 0 Å². The SMILES string of the molecule is CC/C=C\C/C=C\C/C=C\C/C=C\C/C=C\CC(=O)OC(COC(=O)CCCCCCCCCCCCC/C=C\C/C=C\CCCCCCC)COC(=O)CCCCCCCCCCCCCCC. The number of hydrogen-bond acceptors (Lipinski definition) is 6. The second kappa shape index (κ2) is 57.2. The smallest absolute Gasteiger partial charge is 0.310 e. The van der Waals surface area contributed by atoms with Crippen LogP contribution < -0.4 is 0 Å². The molecule has 0 aliphatic heterocycles. The molecule has 6 heteroatoms. The summed E-state index contributed by atoms with van der Waals surface area (Å²) >= 11 is 0. The zero-order chi connectivity index (χ0) is 50.0. The van der Waals surface area contributed by atoms with Crippen LogP contribution in [0.25, 0.3) is 0 Å². The summed E-state index contributed by atoms with van der Waals surface area (Å²) in [5, 5.41) is 0. The van der Waals surface area contributed by atoms with Crippen LogP contribution in [0, 0.1) is 0 Å². The number of hydrogen-bond donors (Lipinski definition) is 0. The molecule has 396 valence electrons. The fourth-order valence-electron chi connectivity index (χ4n) is 8.08. The first-order valence-corrected chi connectivity index (χ1v) is 29.1. The molecule has 0 aromatic carbocycles. The minimum Gasteiger partial charge on any atom is -0.462 e. The van der Waals surface area contributed by atoms with E-state index in [1.54, 1.807) is 6.08 Å². The van der Waals surface area contributed by atoms with Gasteiger partial charge in [-0.1, -0.05) is 266 Å². The number of ether oxygens (including phenoxy) is 3. The number of carbonyl (C=O) groups excluding carboxylic acids is 3. The highest BCUT2D eigenvalue weighted by atomic mass is 16.6. The summed E-state index contributed by atoms with van der Waals surface area (Å²) < 4.78 is 16.7. The van der Waals surface area contributed by atoms with Gasteiger partial charge in [0.25, 0.3) is 0 Å². The number of rotatable bonds is 52. The number of allylic oxidation sites excluding steroid dienone is 13. The lowest BCUT2D eigenvalue weighted by Gasteiger charge is -2.18. The van der Waals surface area contributed by atoms with Gasteiger partial charge in [0.05, 0.1) is 6.42 Å². The largest absolute Gasteiger partial charge is 0.462 e. The van der Waals surface area contributed by atoms with E-state index >= 15 is 0 Å². The monoisotopic (exact) mass is 961 g/mol. The summed E-state index contributed by atoms with van der Waals surface area (Å²) in [7, 11) is 0. The highest BCUT2D eigenvalue weighted by molar-refractivity contribution is 5.72. The molecule has 0 radical (unpaired) electrons. The predicted molar refractivity (Wildman–Crippen MR) is 297 cm³/mol. The van der Waals surface area contributed by atoms with Crippen LogP contribution in [-0.4, -0.2) is 37.2 Å². The fraction of sp³-hybridized carbons (Fsp3) is 0.730. The van der Waals surface area contributed by atoms with E-state index in [1.807, 2.05) is 6.08 Å². The summed E-state index contributed by atoms with van der Waals surface area (Å²) in [6.45, 7) is 6.45. The van der Waals surface area contributed by atoms with Gasteiger partial charge in [-0.3, -0.25) is 14.4 Å². The molecule has 0 N–H and O–H groups in total. The zero-order valence-electron chi connectivity index (χ0n) is 45.3. The van der Waals surface area contributed by atoms with Gasteiger partial charge in [0.15, 0.2) is 6.10 Å². The van der Waals surface area contributed by atoms with Crippen LogP contribution in [0.2, 0.25) is 0 Å². The summed E-state index contributed by atoms with van der Waals surface area (Å²) in [5.74, 6) is -1.04. The average molecular weight is 962 g/mol. The molecule has 0 aliphatic rings. The molecule has 69 heavy (non-hydrogen) atoms. The second-order valence-electron chi connectivity index (χ2n) is 19.2. The summed E-state index contributed by atoms with van der Waals surface area (Å²) in [6, 6.07) is 0. The van der Waals surface area contributed by atoms with Gasteiger partial charge in [0.2, 0.25) is 0 Å². The molecule has 0 fully saturated rings. The van der Waals surface area contributed by atoms with Crippen LogP contribution in [0.5, 0.6) is 0 Å². The van der Waals surface area contributed by atoms with Crippen LogP contribution in [0.4, 0.5) is 0 Å². The van der Waals surface area contributed by atoms with Crippen LogP contribution in [-0.2, 0) is 28.6 Å². The molecule has 0 spiro atoms. The molecule has 1 atom stereocenters. The van der Waals surface area contributed by atoms with Gasteiger partial charge in [0, 0.05) is 12.8 Å². The standard InChI is InChI=1S/C63H108O6/c1-4-7-10-13-16-19-22-25-27-28-29-30-31-32-33-34-36-38-41-44-47-50-53-56-62(65)68-59-60(58-67-61(64)55-52-49-46-43-40-37-24-21-18-15-12-9-6-3)69-63(66)57-54-51-48-45-42-39-35-26-23-20-17-14-11-8-5-2/h8,11,17,20,22,25-26,28-29,35,42,45,51,54,60H,4-7,9-10,12-16,18-19,21,23-24,27,30-34,36-41,43-44,46-50,52-53,55-59H2,1-3H3/b11-8-,20-17-,25-22-,29-28-,35-26-,45-42-,54-51-.